The highest BCUT2D eigenvalue weighted by molar-refractivity contribution is 6.32. The average Bonchev–Trinajstić information content (AvgIpc) is 2.30. The summed E-state index contributed by atoms with van der Waals surface area (Å²) in [4.78, 5) is 0. The van der Waals surface area contributed by atoms with Crippen LogP contribution in [0.3, 0.4) is 0 Å². The molecular formula is C13H11ClFNO. The largest absolute Gasteiger partial charge is 0.487 e. The number of halogens is 2. The highest BCUT2D eigenvalue weighted by Gasteiger charge is 2.07. The Morgan fingerprint density at radius 1 is 1.12 bits per heavy atom. The predicted molar refractivity (Wildman–Crippen MR) is 66.6 cm³/mol. The molecule has 88 valence electrons. The van der Waals surface area contributed by atoms with Crippen molar-refractivity contribution in [2.45, 2.75) is 6.61 Å². The van der Waals surface area contributed by atoms with Crippen molar-refractivity contribution >= 4 is 17.3 Å². The SMILES string of the molecule is Nc1cccc(F)c1COc1ccccc1Cl. The first-order valence-corrected chi connectivity index (χ1v) is 5.46. The first-order valence-electron chi connectivity index (χ1n) is 5.08. The molecule has 4 heteroatoms. The Hall–Kier alpha value is -1.74. The van der Waals surface area contributed by atoms with E-state index in [9.17, 15) is 4.39 Å². The normalized spacial score (nSPS) is 10.2. The molecular weight excluding hydrogens is 241 g/mol. The zero-order chi connectivity index (χ0) is 12.3. The fourth-order valence-electron chi connectivity index (χ4n) is 1.44. The van der Waals surface area contributed by atoms with Crippen LogP contribution < -0.4 is 10.5 Å². The van der Waals surface area contributed by atoms with E-state index >= 15 is 0 Å². The summed E-state index contributed by atoms with van der Waals surface area (Å²) in [6.07, 6.45) is 0. The van der Waals surface area contributed by atoms with Crippen molar-refractivity contribution in [3.8, 4) is 5.75 Å². The Kier molecular flexibility index (Phi) is 3.49. The summed E-state index contributed by atoms with van der Waals surface area (Å²) in [6, 6.07) is 11.6. The van der Waals surface area contributed by atoms with Gasteiger partial charge in [-0.25, -0.2) is 4.39 Å². The van der Waals surface area contributed by atoms with E-state index < -0.39 is 0 Å². The second-order valence-electron chi connectivity index (χ2n) is 3.53. The molecule has 0 amide bonds. The maximum absolute atomic E-state index is 13.5. The third-order valence-electron chi connectivity index (χ3n) is 2.36. The fourth-order valence-corrected chi connectivity index (χ4v) is 1.63. The fraction of sp³-hybridized carbons (Fsp3) is 0.0769. The molecule has 0 aliphatic carbocycles. The van der Waals surface area contributed by atoms with Gasteiger partial charge in [0.25, 0.3) is 0 Å². The molecule has 2 N–H and O–H groups in total. The van der Waals surface area contributed by atoms with Crippen LogP contribution in [0.2, 0.25) is 5.02 Å². The van der Waals surface area contributed by atoms with Gasteiger partial charge in [0.15, 0.2) is 0 Å². The summed E-state index contributed by atoms with van der Waals surface area (Å²) in [7, 11) is 0. The van der Waals surface area contributed by atoms with Crippen molar-refractivity contribution in [3.05, 3.63) is 58.9 Å². The number of para-hydroxylation sites is 1. The maximum Gasteiger partial charge on any atom is 0.138 e. The molecule has 0 saturated heterocycles. The summed E-state index contributed by atoms with van der Waals surface area (Å²) in [5.41, 5.74) is 6.38. The van der Waals surface area contributed by atoms with Gasteiger partial charge < -0.3 is 10.5 Å². The highest BCUT2D eigenvalue weighted by Crippen LogP contribution is 2.25. The first kappa shape index (κ1) is 11.7. The van der Waals surface area contributed by atoms with Crippen molar-refractivity contribution in [3.63, 3.8) is 0 Å². The lowest BCUT2D eigenvalue weighted by Gasteiger charge is -2.10. The molecule has 0 bridgehead atoms. The second kappa shape index (κ2) is 5.06. The quantitative estimate of drug-likeness (QED) is 0.846. The van der Waals surface area contributed by atoms with Crippen molar-refractivity contribution in [2.24, 2.45) is 0 Å². The molecule has 0 aliphatic rings. The lowest BCUT2D eigenvalue weighted by Crippen LogP contribution is -2.03. The molecule has 0 aliphatic heterocycles. The number of nitrogens with two attached hydrogens (primary N) is 1. The van der Waals surface area contributed by atoms with E-state index in [0.717, 1.165) is 0 Å². The van der Waals surface area contributed by atoms with E-state index in [-0.39, 0.29) is 12.4 Å². The van der Waals surface area contributed by atoms with Crippen LogP contribution in [0.1, 0.15) is 5.56 Å². The van der Waals surface area contributed by atoms with Gasteiger partial charge in [0.2, 0.25) is 0 Å². The molecule has 0 fully saturated rings. The van der Waals surface area contributed by atoms with E-state index in [4.69, 9.17) is 22.1 Å². The highest BCUT2D eigenvalue weighted by atomic mass is 35.5. The van der Waals surface area contributed by atoms with Crippen LogP contribution in [0.25, 0.3) is 0 Å². The summed E-state index contributed by atoms with van der Waals surface area (Å²) < 4.78 is 18.9. The van der Waals surface area contributed by atoms with E-state index in [1.54, 1.807) is 36.4 Å². The summed E-state index contributed by atoms with van der Waals surface area (Å²) in [6.45, 7) is 0.0578. The van der Waals surface area contributed by atoms with Crippen molar-refractivity contribution in [1.82, 2.24) is 0 Å². The van der Waals surface area contributed by atoms with Gasteiger partial charge in [0, 0.05) is 11.3 Å². The number of hydrogen-bond acceptors (Lipinski definition) is 2. The Morgan fingerprint density at radius 3 is 2.59 bits per heavy atom. The van der Waals surface area contributed by atoms with Crippen LogP contribution in [0.15, 0.2) is 42.5 Å². The molecule has 0 unspecified atom stereocenters. The Balaban J connectivity index is 2.16. The molecule has 2 aromatic carbocycles. The third kappa shape index (κ3) is 2.68. The topological polar surface area (TPSA) is 35.2 Å². The van der Waals surface area contributed by atoms with Gasteiger partial charge >= 0.3 is 0 Å². The van der Waals surface area contributed by atoms with Gasteiger partial charge in [-0.3, -0.25) is 0 Å². The molecule has 0 aromatic heterocycles. The minimum Gasteiger partial charge on any atom is -0.487 e. The van der Waals surface area contributed by atoms with Crippen LogP contribution in [-0.4, -0.2) is 0 Å². The first-order chi connectivity index (χ1) is 8.18. The number of anilines is 1. The molecule has 0 saturated carbocycles. The van der Waals surface area contributed by atoms with Gasteiger partial charge in [-0.15, -0.1) is 0 Å². The van der Waals surface area contributed by atoms with Crippen LogP contribution >= 0.6 is 11.6 Å². The summed E-state index contributed by atoms with van der Waals surface area (Å²) in [5.74, 6) is 0.133. The van der Waals surface area contributed by atoms with Crippen LogP contribution in [0, 0.1) is 5.82 Å². The third-order valence-corrected chi connectivity index (χ3v) is 2.68. The van der Waals surface area contributed by atoms with E-state index in [2.05, 4.69) is 0 Å². The molecule has 0 radical (unpaired) electrons. The van der Waals surface area contributed by atoms with Crippen LogP contribution in [0.4, 0.5) is 10.1 Å². The molecule has 2 rings (SSSR count). The number of ether oxygens (including phenoxy) is 1. The number of hydrogen-bond donors (Lipinski definition) is 1. The smallest absolute Gasteiger partial charge is 0.138 e. The molecule has 2 nitrogen and oxygen atoms in total. The van der Waals surface area contributed by atoms with Crippen molar-refractivity contribution < 1.29 is 9.13 Å². The minimum absolute atomic E-state index is 0.0578. The molecule has 0 heterocycles. The lowest BCUT2D eigenvalue weighted by molar-refractivity contribution is 0.301. The standard InChI is InChI=1S/C13H11ClFNO/c14-10-4-1-2-7-13(10)17-8-9-11(15)5-3-6-12(9)16/h1-7H,8,16H2. The van der Waals surface area contributed by atoms with Gasteiger partial charge in [0.1, 0.15) is 18.2 Å². The summed E-state index contributed by atoms with van der Waals surface area (Å²) in [5, 5.41) is 0.488. The molecule has 0 atom stereocenters. The minimum atomic E-state index is -0.378. The Labute approximate surface area is 104 Å². The van der Waals surface area contributed by atoms with E-state index in [1.807, 2.05) is 0 Å². The number of rotatable bonds is 3. The van der Waals surface area contributed by atoms with E-state index in [0.29, 0.717) is 22.0 Å². The van der Waals surface area contributed by atoms with Crippen molar-refractivity contribution in [1.29, 1.82) is 0 Å². The Morgan fingerprint density at radius 2 is 1.88 bits per heavy atom. The van der Waals surface area contributed by atoms with Gasteiger partial charge in [-0.05, 0) is 24.3 Å². The van der Waals surface area contributed by atoms with E-state index in [1.165, 1.54) is 6.07 Å². The van der Waals surface area contributed by atoms with Gasteiger partial charge in [-0.2, -0.15) is 0 Å². The maximum atomic E-state index is 13.5. The zero-order valence-electron chi connectivity index (χ0n) is 8.99. The zero-order valence-corrected chi connectivity index (χ0v) is 9.75. The predicted octanol–water partition coefficient (Wildman–Crippen LogP) is 3.64. The Bertz CT molecular complexity index is 510. The molecule has 17 heavy (non-hydrogen) atoms. The second-order valence-corrected chi connectivity index (χ2v) is 3.93. The lowest BCUT2D eigenvalue weighted by atomic mass is 10.2. The summed E-state index contributed by atoms with van der Waals surface area (Å²) >= 11 is 5.92. The number of benzene rings is 2. The molecule has 0 spiro atoms. The van der Waals surface area contributed by atoms with Crippen LogP contribution in [-0.2, 0) is 6.61 Å². The van der Waals surface area contributed by atoms with Crippen LogP contribution in [0.5, 0.6) is 5.75 Å². The average molecular weight is 252 g/mol. The van der Waals surface area contributed by atoms with Crippen molar-refractivity contribution in [2.75, 3.05) is 5.73 Å². The van der Waals surface area contributed by atoms with Gasteiger partial charge in [0.05, 0.1) is 5.02 Å². The molecule has 2 aromatic rings. The number of nitrogen functional groups attached to an aromatic ring is 1. The van der Waals surface area contributed by atoms with Gasteiger partial charge in [-0.1, -0.05) is 29.8 Å². The monoisotopic (exact) mass is 251 g/mol.